The standard InChI is InChI=1S/C10H16N4O3S2/c1-3-17-8(16)6-18-10-14-13-9(19-10)12-7(15)4-5-11-2/h11H,3-6H2,1-2H3,(H,12,13,15). The highest BCUT2D eigenvalue weighted by Crippen LogP contribution is 2.25. The molecule has 0 saturated carbocycles. The predicted molar refractivity (Wildman–Crippen MR) is 74.4 cm³/mol. The maximum atomic E-state index is 11.4. The molecule has 1 rings (SSSR count). The van der Waals surface area contributed by atoms with E-state index in [0.29, 0.717) is 29.0 Å². The molecule has 2 N–H and O–H groups in total. The van der Waals surface area contributed by atoms with E-state index in [1.165, 1.54) is 23.1 Å². The van der Waals surface area contributed by atoms with Crippen molar-refractivity contribution in [2.24, 2.45) is 0 Å². The maximum Gasteiger partial charge on any atom is 0.316 e. The lowest BCUT2D eigenvalue weighted by Crippen LogP contribution is -2.18. The molecule has 0 unspecified atom stereocenters. The van der Waals surface area contributed by atoms with Crippen molar-refractivity contribution in [3.8, 4) is 0 Å². The van der Waals surface area contributed by atoms with Gasteiger partial charge in [-0.25, -0.2) is 0 Å². The first-order chi connectivity index (χ1) is 9.15. The van der Waals surface area contributed by atoms with Crippen molar-refractivity contribution in [2.45, 2.75) is 17.7 Å². The predicted octanol–water partition coefficient (Wildman–Crippen LogP) is 0.741. The van der Waals surface area contributed by atoms with Gasteiger partial charge in [0.1, 0.15) is 0 Å². The van der Waals surface area contributed by atoms with E-state index in [-0.39, 0.29) is 17.6 Å². The summed E-state index contributed by atoms with van der Waals surface area (Å²) in [6.07, 6.45) is 0.376. The summed E-state index contributed by atoms with van der Waals surface area (Å²) in [6.45, 7) is 2.73. The van der Waals surface area contributed by atoms with Gasteiger partial charge in [-0.3, -0.25) is 9.59 Å². The summed E-state index contributed by atoms with van der Waals surface area (Å²) in [5.74, 6) is -0.217. The SMILES string of the molecule is CCOC(=O)CSc1nnc(NC(=O)CCNC)s1. The highest BCUT2D eigenvalue weighted by molar-refractivity contribution is 8.01. The molecule has 0 bridgehead atoms. The number of hydrogen-bond donors (Lipinski definition) is 2. The molecule has 1 aromatic rings. The zero-order chi connectivity index (χ0) is 14.1. The fourth-order valence-electron chi connectivity index (χ4n) is 1.06. The molecule has 0 aliphatic carbocycles. The van der Waals surface area contributed by atoms with Crippen LogP contribution in [0.3, 0.4) is 0 Å². The van der Waals surface area contributed by atoms with Crippen LogP contribution in [0.15, 0.2) is 4.34 Å². The minimum atomic E-state index is -0.290. The Morgan fingerprint density at radius 2 is 2.21 bits per heavy atom. The van der Waals surface area contributed by atoms with Gasteiger partial charge in [0.25, 0.3) is 0 Å². The summed E-state index contributed by atoms with van der Waals surface area (Å²) in [6, 6.07) is 0. The number of esters is 1. The third-order valence-electron chi connectivity index (χ3n) is 1.87. The highest BCUT2D eigenvalue weighted by atomic mass is 32.2. The Labute approximate surface area is 119 Å². The summed E-state index contributed by atoms with van der Waals surface area (Å²) in [5, 5.41) is 13.7. The molecule has 1 amide bonds. The fourth-order valence-corrected chi connectivity index (χ4v) is 2.63. The molecule has 0 aliphatic rings. The van der Waals surface area contributed by atoms with Gasteiger partial charge in [0, 0.05) is 13.0 Å². The van der Waals surface area contributed by atoms with Gasteiger partial charge < -0.3 is 15.4 Å². The van der Waals surface area contributed by atoms with Gasteiger partial charge in [-0.15, -0.1) is 10.2 Å². The minimum absolute atomic E-state index is 0.118. The first-order valence-corrected chi connectivity index (χ1v) is 7.52. The first kappa shape index (κ1) is 15.9. The van der Waals surface area contributed by atoms with Crippen LogP contribution in [-0.2, 0) is 14.3 Å². The molecule has 19 heavy (non-hydrogen) atoms. The second-order valence-corrected chi connectivity index (χ2v) is 5.57. The lowest BCUT2D eigenvalue weighted by molar-refractivity contribution is -0.139. The first-order valence-electron chi connectivity index (χ1n) is 5.72. The number of nitrogens with zero attached hydrogens (tertiary/aromatic N) is 2. The van der Waals surface area contributed by atoms with E-state index in [2.05, 4.69) is 20.8 Å². The molecule has 0 spiro atoms. The molecule has 0 fully saturated rings. The molecule has 0 aromatic carbocycles. The molecule has 0 aliphatic heterocycles. The number of amides is 1. The number of hydrogen-bond acceptors (Lipinski definition) is 8. The Balaban J connectivity index is 2.35. The minimum Gasteiger partial charge on any atom is -0.465 e. The molecule has 1 aromatic heterocycles. The highest BCUT2D eigenvalue weighted by Gasteiger charge is 2.10. The second-order valence-electron chi connectivity index (χ2n) is 3.37. The number of anilines is 1. The molecule has 9 heteroatoms. The lowest BCUT2D eigenvalue weighted by atomic mass is 10.4. The zero-order valence-corrected chi connectivity index (χ0v) is 12.4. The van der Waals surface area contributed by atoms with Crippen LogP contribution in [0, 0.1) is 0 Å². The molecule has 0 saturated heterocycles. The van der Waals surface area contributed by atoms with E-state index in [4.69, 9.17) is 4.74 Å². The van der Waals surface area contributed by atoms with E-state index in [0.717, 1.165) is 0 Å². The van der Waals surface area contributed by atoms with Crippen molar-refractivity contribution in [3.63, 3.8) is 0 Å². The Bertz CT molecular complexity index is 425. The lowest BCUT2D eigenvalue weighted by Gasteiger charge is -1.99. The third kappa shape index (κ3) is 6.50. The second kappa shape index (κ2) is 8.83. The van der Waals surface area contributed by atoms with Crippen LogP contribution in [0.1, 0.15) is 13.3 Å². The van der Waals surface area contributed by atoms with E-state index >= 15 is 0 Å². The van der Waals surface area contributed by atoms with Crippen LogP contribution in [0.25, 0.3) is 0 Å². The van der Waals surface area contributed by atoms with Gasteiger partial charge in [0.2, 0.25) is 11.0 Å². The largest absolute Gasteiger partial charge is 0.465 e. The molecule has 0 atom stereocenters. The van der Waals surface area contributed by atoms with Crippen molar-refractivity contribution >= 4 is 40.1 Å². The van der Waals surface area contributed by atoms with Gasteiger partial charge in [-0.05, 0) is 14.0 Å². The van der Waals surface area contributed by atoms with Crippen LogP contribution in [0.2, 0.25) is 0 Å². The van der Waals surface area contributed by atoms with Crippen molar-refractivity contribution in [3.05, 3.63) is 0 Å². The van der Waals surface area contributed by atoms with Crippen LogP contribution in [0.5, 0.6) is 0 Å². The van der Waals surface area contributed by atoms with Gasteiger partial charge in [0.15, 0.2) is 4.34 Å². The number of thioether (sulfide) groups is 1. The maximum absolute atomic E-state index is 11.4. The Hall–Kier alpha value is -1.19. The van der Waals surface area contributed by atoms with Gasteiger partial charge in [-0.1, -0.05) is 23.1 Å². The van der Waals surface area contributed by atoms with Crippen molar-refractivity contribution in [1.82, 2.24) is 15.5 Å². The molecule has 1 heterocycles. The summed E-state index contributed by atoms with van der Waals surface area (Å²) < 4.78 is 5.42. The Morgan fingerprint density at radius 1 is 1.42 bits per heavy atom. The average Bonchev–Trinajstić information content (AvgIpc) is 2.82. The Morgan fingerprint density at radius 3 is 2.89 bits per heavy atom. The number of carbonyl (C=O) groups is 2. The third-order valence-corrected chi connectivity index (χ3v) is 3.82. The van der Waals surface area contributed by atoms with Crippen molar-refractivity contribution < 1.29 is 14.3 Å². The van der Waals surface area contributed by atoms with Gasteiger partial charge in [0.05, 0.1) is 12.4 Å². The van der Waals surface area contributed by atoms with E-state index < -0.39 is 0 Å². The number of ether oxygens (including phenoxy) is 1. The summed E-state index contributed by atoms with van der Waals surface area (Å²) in [5.41, 5.74) is 0. The van der Waals surface area contributed by atoms with E-state index in [9.17, 15) is 9.59 Å². The summed E-state index contributed by atoms with van der Waals surface area (Å²) >= 11 is 2.48. The Kier molecular flexibility index (Phi) is 7.38. The number of nitrogens with one attached hydrogen (secondary N) is 2. The monoisotopic (exact) mass is 304 g/mol. The van der Waals surface area contributed by atoms with Crippen LogP contribution >= 0.6 is 23.1 Å². The van der Waals surface area contributed by atoms with Crippen molar-refractivity contribution in [2.75, 3.05) is 31.3 Å². The topological polar surface area (TPSA) is 93.2 Å². The van der Waals surface area contributed by atoms with Crippen molar-refractivity contribution in [1.29, 1.82) is 0 Å². The molecular formula is C10H16N4O3S2. The quantitative estimate of drug-likeness (QED) is 0.415. The molecule has 106 valence electrons. The summed E-state index contributed by atoms with van der Waals surface area (Å²) in [4.78, 5) is 22.6. The van der Waals surface area contributed by atoms with Gasteiger partial charge in [-0.2, -0.15) is 0 Å². The zero-order valence-electron chi connectivity index (χ0n) is 10.8. The van der Waals surface area contributed by atoms with E-state index in [1.54, 1.807) is 14.0 Å². The smallest absolute Gasteiger partial charge is 0.316 e. The van der Waals surface area contributed by atoms with E-state index in [1.807, 2.05) is 0 Å². The van der Waals surface area contributed by atoms with Crippen LogP contribution < -0.4 is 10.6 Å². The normalized spacial score (nSPS) is 10.2. The molecular weight excluding hydrogens is 288 g/mol. The molecule has 7 nitrogen and oxygen atoms in total. The fraction of sp³-hybridized carbons (Fsp3) is 0.600. The van der Waals surface area contributed by atoms with Gasteiger partial charge >= 0.3 is 5.97 Å². The number of rotatable bonds is 8. The van der Waals surface area contributed by atoms with Crippen LogP contribution in [0.4, 0.5) is 5.13 Å². The number of carbonyl (C=O) groups excluding carboxylic acids is 2. The molecule has 0 radical (unpaired) electrons. The average molecular weight is 304 g/mol. The number of aromatic nitrogens is 2. The van der Waals surface area contributed by atoms with Crippen LogP contribution in [-0.4, -0.2) is 48.0 Å². The summed E-state index contributed by atoms with van der Waals surface area (Å²) in [7, 11) is 1.78.